The molecular weight excluding hydrogens is 248 g/mol. The van der Waals surface area contributed by atoms with E-state index in [4.69, 9.17) is 5.73 Å². The summed E-state index contributed by atoms with van der Waals surface area (Å²) in [6.45, 7) is 4.40. The van der Waals surface area contributed by atoms with Crippen molar-refractivity contribution in [2.45, 2.75) is 26.7 Å². The molecule has 0 bridgehead atoms. The van der Waals surface area contributed by atoms with Gasteiger partial charge in [0.15, 0.2) is 0 Å². The first kappa shape index (κ1) is 13.2. The number of sulfonamides is 1. The molecule has 1 heterocycles. The van der Waals surface area contributed by atoms with Gasteiger partial charge in [-0.05, 0) is 36.5 Å². The highest BCUT2D eigenvalue weighted by molar-refractivity contribution is 7.92. The molecule has 1 aromatic rings. The van der Waals surface area contributed by atoms with E-state index in [9.17, 15) is 8.42 Å². The highest BCUT2D eigenvalue weighted by Gasteiger charge is 2.28. The SMILES string of the molecule is CC(C)CS(=O)(=O)N1CCCc2c(N)cccc21. The molecule has 0 fully saturated rings. The largest absolute Gasteiger partial charge is 0.398 e. The van der Waals surface area contributed by atoms with Crippen molar-refractivity contribution in [3.05, 3.63) is 23.8 Å². The molecule has 0 aliphatic carbocycles. The summed E-state index contributed by atoms with van der Waals surface area (Å²) in [7, 11) is -3.23. The molecule has 0 spiro atoms. The van der Waals surface area contributed by atoms with E-state index in [1.54, 1.807) is 0 Å². The average Bonchev–Trinajstić information content (AvgIpc) is 2.27. The number of hydrogen-bond acceptors (Lipinski definition) is 3. The van der Waals surface area contributed by atoms with Gasteiger partial charge < -0.3 is 5.73 Å². The second-order valence-corrected chi connectivity index (χ2v) is 7.13. The van der Waals surface area contributed by atoms with E-state index in [2.05, 4.69) is 0 Å². The molecule has 0 unspecified atom stereocenters. The third-order valence-electron chi connectivity index (χ3n) is 3.12. The van der Waals surface area contributed by atoms with Crippen LogP contribution in [0.5, 0.6) is 0 Å². The summed E-state index contributed by atoms with van der Waals surface area (Å²) in [6.07, 6.45) is 1.69. The minimum atomic E-state index is -3.23. The first-order valence-corrected chi connectivity index (χ1v) is 7.90. The van der Waals surface area contributed by atoms with Crippen molar-refractivity contribution in [2.24, 2.45) is 5.92 Å². The zero-order valence-corrected chi connectivity index (χ0v) is 11.7. The molecule has 4 nitrogen and oxygen atoms in total. The number of hydrogen-bond donors (Lipinski definition) is 1. The minimum Gasteiger partial charge on any atom is -0.398 e. The standard InChI is InChI=1S/C13H20N2O2S/c1-10(2)9-18(16,17)15-8-4-5-11-12(14)6-3-7-13(11)15/h3,6-7,10H,4-5,8-9,14H2,1-2H3. The Bertz CT molecular complexity index is 538. The molecule has 1 aliphatic heterocycles. The monoisotopic (exact) mass is 268 g/mol. The summed E-state index contributed by atoms with van der Waals surface area (Å²) in [5.74, 6) is 0.308. The molecule has 1 aromatic carbocycles. The topological polar surface area (TPSA) is 63.4 Å². The van der Waals surface area contributed by atoms with Crippen LogP contribution in [0.3, 0.4) is 0 Å². The molecule has 5 heteroatoms. The van der Waals surface area contributed by atoms with Gasteiger partial charge in [-0.3, -0.25) is 4.31 Å². The molecular formula is C13H20N2O2S. The van der Waals surface area contributed by atoms with Crippen molar-refractivity contribution in [1.82, 2.24) is 0 Å². The van der Waals surface area contributed by atoms with Gasteiger partial charge in [-0.2, -0.15) is 0 Å². The summed E-state index contributed by atoms with van der Waals surface area (Å²) >= 11 is 0. The van der Waals surface area contributed by atoms with E-state index >= 15 is 0 Å². The van der Waals surface area contributed by atoms with E-state index in [1.807, 2.05) is 32.0 Å². The summed E-state index contributed by atoms with van der Waals surface area (Å²) in [6, 6.07) is 5.50. The lowest BCUT2D eigenvalue weighted by atomic mass is 10.0. The molecule has 18 heavy (non-hydrogen) atoms. The maximum atomic E-state index is 12.4. The van der Waals surface area contributed by atoms with Crippen LogP contribution in [0.1, 0.15) is 25.8 Å². The molecule has 0 atom stereocenters. The Morgan fingerprint density at radius 2 is 2.11 bits per heavy atom. The number of rotatable bonds is 3. The van der Waals surface area contributed by atoms with Gasteiger partial charge >= 0.3 is 0 Å². The number of anilines is 2. The maximum Gasteiger partial charge on any atom is 0.235 e. The minimum absolute atomic E-state index is 0.126. The molecule has 0 aromatic heterocycles. The Balaban J connectivity index is 2.42. The molecule has 0 amide bonds. The highest BCUT2D eigenvalue weighted by Crippen LogP contribution is 2.33. The lowest BCUT2D eigenvalue weighted by molar-refractivity contribution is 0.573. The third kappa shape index (κ3) is 2.46. The normalized spacial score (nSPS) is 15.8. The number of nitrogens with two attached hydrogens (primary N) is 1. The lowest BCUT2D eigenvalue weighted by Gasteiger charge is -2.31. The van der Waals surface area contributed by atoms with Gasteiger partial charge in [0.25, 0.3) is 0 Å². The maximum absolute atomic E-state index is 12.4. The van der Waals surface area contributed by atoms with Crippen LogP contribution >= 0.6 is 0 Å². The van der Waals surface area contributed by atoms with E-state index < -0.39 is 10.0 Å². The molecule has 2 N–H and O–H groups in total. The number of nitrogen functional groups attached to an aromatic ring is 1. The number of benzene rings is 1. The van der Waals surface area contributed by atoms with Gasteiger partial charge in [-0.25, -0.2) is 8.42 Å². The Morgan fingerprint density at radius 3 is 2.78 bits per heavy atom. The molecule has 2 rings (SSSR count). The van der Waals surface area contributed by atoms with Gasteiger partial charge in [-0.1, -0.05) is 19.9 Å². The third-order valence-corrected chi connectivity index (χ3v) is 5.26. The van der Waals surface area contributed by atoms with Gasteiger partial charge in [-0.15, -0.1) is 0 Å². The molecule has 1 aliphatic rings. The predicted octanol–water partition coefficient (Wildman–Crippen LogP) is 2.01. The Kier molecular flexibility index (Phi) is 3.52. The van der Waals surface area contributed by atoms with Crippen LogP contribution in [0, 0.1) is 5.92 Å². The zero-order valence-electron chi connectivity index (χ0n) is 10.9. The van der Waals surface area contributed by atoms with Crippen molar-refractivity contribution in [3.63, 3.8) is 0 Å². The molecule has 0 saturated carbocycles. The van der Waals surface area contributed by atoms with E-state index in [1.165, 1.54) is 4.31 Å². The summed E-state index contributed by atoms with van der Waals surface area (Å²) in [5, 5.41) is 0. The van der Waals surface area contributed by atoms with Gasteiger partial charge in [0.05, 0.1) is 11.4 Å². The van der Waals surface area contributed by atoms with Crippen LogP contribution in [0.2, 0.25) is 0 Å². The van der Waals surface area contributed by atoms with Crippen LogP contribution in [-0.2, 0) is 16.4 Å². The highest BCUT2D eigenvalue weighted by atomic mass is 32.2. The fourth-order valence-corrected chi connectivity index (χ4v) is 4.32. The quantitative estimate of drug-likeness (QED) is 0.853. The van der Waals surface area contributed by atoms with Crippen molar-refractivity contribution in [1.29, 1.82) is 0 Å². The average molecular weight is 268 g/mol. The van der Waals surface area contributed by atoms with E-state index in [0.717, 1.165) is 24.1 Å². The van der Waals surface area contributed by atoms with Crippen molar-refractivity contribution >= 4 is 21.4 Å². The Morgan fingerprint density at radius 1 is 1.39 bits per heavy atom. The van der Waals surface area contributed by atoms with Crippen molar-refractivity contribution in [3.8, 4) is 0 Å². The van der Waals surface area contributed by atoms with Crippen LogP contribution in [0.25, 0.3) is 0 Å². The van der Waals surface area contributed by atoms with Crippen molar-refractivity contribution < 1.29 is 8.42 Å². The van der Waals surface area contributed by atoms with E-state index in [0.29, 0.717) is 12.2 Å². The molecule has 0 saturated heterocycles. The molecule has 0 radical (unpaired) electrons. The zero-order chi connectivity index (χ0) is 13.3. The van der Waals surface area contributed by atoms with Gasteiger partial charge in [0.2, 0.25) is 10.0 Å². The van der Waals surface area contributed by atoms with E-state index in [-0.39, 0.29) is 11.7 Å². The number of fused-ring (bicyclic) bond motifs is 1. The first-order valence-electron chi connectivity index (χ1n) is 6.29. The molecule has 100 valence electrons. The Labute approximate surface area is 109 Å². The summed E-state index contributed by atoms with van der Waals surface area (Å²) in [5.41, 5.74) is 8.35. The fraction of sp³-hybridized carbons (Fsp3) is 0.538. The van der Waals surface area contributed by atoms with Crippen LogP contribution < -0.4 is 10.0 Å². The second kappa shape index (κ2) is 4.80. The Hall–Kier alpha value is -1.23. The van der Waals surface area contributed by atoms with Crippen LogP contribution in [-0.4, -0.2) is 20.7 Å². The van der Waals surface area contributed by atoms with Gasteiger partial charge in [0.1, 0.15) is 0 Å². The predicted molar refractivity (Wildman–Crippen MR) is 75.1 cm³/mol. The smallest absolute Gasteiger partial charge is 0.235 e. The fourth-order valence-electron chi connectivity index (χ4n) is 2.42. The van der Waals surface area contributed by atoms with Crippen LogP contribution in [0.15, 0.2) is 18.2 Å². The summed E-state index contributed by atoms with van der Waals surface area (Å²) in [4.78, 5) is 0. The first-order chi connectivity index (χ1) is 8.42. The van der Waals surface area contributed by atoms with Gasteiger partial charge in [0, 0.05) is 12.2 Å². The summed E-state index contributed by atoms with van der Waals surface area (Å²) < 4.78 is 26.2. The second-order valence-electron chi connectivity index (χ2n) is 5.19. The lowest BCUT2D eigenvalue weighted by Crippen LogP contribution is -2.38. The van der Waals surface area contributed by atoms with Crippen molar-refractivity contribution in [2.75, 3.05) is 22.3 Å². The van der Waals surface area contributed by atoms with Crippen LogP contribution in [0.4, 0.5) is 11.4 Å². The number of nitrogens with zero attached hydrogens (tertiary/aromatic N) is 1.